The molecule has 5 heterocycles. The van der Waals surface area contributed by atoms with E-state index in [9.17, 15) is 9.18 Å². The fourth-order valence-electron chi connectivity index (χ4n) is 6.29. The molecule has 2 aliphatic heterocycles. The summed E-state index contributed by atoms with van der Waals surface area (Å²) in [5.74, 6) is -3.76. The average Bonchev–Trinajstić information content (AvgIpc) is 3.52. The molecular formula is C31H31F4N7O2. The van der Waals surface area contributed by atoms with Crippen LogP contribution in [0.4, 0.5) is 23.2 Å². The molecule has 6 rings (SSSR count). The molecule has 44 heavy (non-hydrogen) atoms. The van der Waals surface area contributed by atoms with E-state index in [1.807, 2.05) is 0 Å². The van der Waals surface area contributed by atoms with Gasteiger partial charge in [0.15, 0.2) is 5.78 Å². The van der Waals surface area contributed by atoms with Gasteiger partial charge < -0.3 is 15.4 Å². The van der Waals surface area contributed by atoms with Crippen molar-refractivity contribution >= 4 is 11.5 Å². The fourth-order valence-corrected chi connectivity index (χ4v) is 6.29. The third-order valence-corrected chi connectivity index (χ3v) is 8.49. The van der Waals surface area contributed by atoms with Gasteiger partial charge in [0.2, 0.25) is 0 Å². The number of nitrogens with zero attached hydrogens (tertiary/aromatic N) is 6. The highest BCUT2D eigenvalue weighted by atomic mass is 19.1. The Balaban J connectivity index is 1.25. The highest BCUT2D eigenvalue weighted by Gasteiger charge is 2.37. The Hall–Kier alpha value is -4.23. The minimum absolute atomic E-state index is 0.0514. The van der Waals surface area contributed by atoms with Crippen LogP contribution in [0, 0.1) is 23.4 Å². The normalized spacial score (nSPS) is 21.8. The van der Waals surface area contributed by atoms with E-state index in [0.29, 0.717) is 18.7 Å². The van der Waals surface area contributed by atoms with Crippen LogP contribution in [0.1, 0.15) is 47.4 Å². The van der Waals surface area contributed by atoms with Crippen LogP contribution in [0.2, 0.25) is 0 Å². The first-order chi connectivity index (χ1) is 21.1. The molecule has 2 fully saturated rings. The van der Waals surface area contributed by atoms with E-state index in [2.05, 4.69) is 32.1 Å². The highest BCUT2D eigenvalue weighted by Crippen LogP contribution is 2.39. The molecule has 2 saturated heterocycles. The number of hydrogen-bond donors (Lipinski definition) is 1. The fraction of sp³-hybridized carbons (Fsp3) is 0.387. The number of pyridine rings is 2. The van der Waals surface area contributed by atoms with Crippen molar-refractivity contribution in [1.29, 1.82) is 0 Å². The third kappa shape index (κ3) is 5.69. The summed E-state index contributed by atoms with van der Waals surface area (Å²) in [6.07, 6.45) is 6.33. The van der Waals surface area contributed by atoms with Gasteiger partial charge in [-0.3, -0.25) is 9.78 Å². The molecule has 2 N–H and O–H groups in total. The van der Waals surface area contributed by atoms with Crippen LogP contribution >= 0.6 is 0 Å². The molecule has 0 unspecified atom stereocenters. The van der Waals surface area contributed by atoms with Crippen LogP contribution in [0.25, 0.3) is 11.3 Å². The summed E-state index contributed by atoms with van der Waals surface area (Å²) in [5, 5.41) is 8.01. The quantitative estimate of drug-likeness (QED) is 0.240. The second-order valence-electron chi connectivity index (χ2n) is 11.4. The van der Waals surface area contributed by atoms with E-state index >= 15 is 13.2 Å². The molecule has 230 valence electrons. The third-order valence-electron chi connectivity index (χ3n) is 8.49. The van der Waals surface area contributed by atoms with Crippen molar-refractivity contribution in [2.45, 2.75) is 43.9 Å². The molecule has 0 amide bonds. The van der Waals surface area contributed by atoms with Gasteiger partial charge >= 0.3 is 0 Å². The summed E-state index contributed by atoms with van der Waals surface area (Å²) in [4.78, 5) is 23.7. The number of aromatic nitrogens is 5. The standard InChI is InChI=1S/C31H31F4N7O2/c1-18-16-41(17-24(36)30(18)42-9-8-38-40-42)26-4-7-37-15-19(26)12-27(43)25-3-2-21(32)29(39-25)28-22(33)13-20(14-23(28)34)31(35)5-10-44-11-6-31/h2-4,7-9,13-15,18,24,30H,5-6,10-12,16-17,36H2,1H3/t18-,24+,30-/m0/s1. The van der Waals surface area contributed by atoms with Gasteiger partial charge in [-0.25, -0.2) is 27.2 Å². The average molecular weight is 610 g/mol. The number of nitrogens with two attached hydrogens (primary N) is 1. The first-order valence-corrected chi connectivity index (χ1v) is 14.4. The second-order valence-corrected chi connectivity index (χ2v) is 11.4. The van der Waals surface area contributed by atoms with Gasteiger partial charge in [0.05, 0.1) is 17.8 Å². The Morgan fingerprint density at radius 3 is 2.50 bits per heavy atom. The minimum atomic E-state index is -1.96. The Kier molecular flexibility index (Phi) is 8.16. The number of carbonyl (C=O) groups is 1. The molecule has 0 bridgehead atoms. The number of ether oxygens (including phenoxy) is 1. The molecule has 9 nitrogen and oxygen atoms in total. The lowest BCUT2D eigenvalue weighted by atomic mass is 9.87. The molecule has 0 aliphatic carbocycles. The van der Waals surface area contributed by atoms with Crippen LogP contribution < -0.4 is 10.6 Å². The zero-order chi connectivity index (χ0) is 31.0. The van der Waals surface area contributed by atoms with Gasteiger partial charge in [0, 0.05) is 81.4 Å². The lowest BCUT2D eigenvalue weighted by Gasteiger charge is -2.42. The number of Topliss-reactive ketones (excluding diaryl/α,β-unsaturated/α-hetero) is 1. The van der Waals surface area contributed by atoms with E-state index in [-0.39, 0.29) is 61.7 Å². The van der Waals surface area contributed by atoms with E-state index in [4.69, 9.17) is 10.5 Å². The van der Waals surface area contributed by atoms with E-state index in [1.54, 1.807) is 35.5 Å². The predicted octanol–water partition coefficient (Wildman–Crippen LogP) is 4.58. The largest absolute Gasteiger partial charge is 0.381 e. The van der Waals surface area contributed by atoms with Gasteiger partial charge in [0.25, 0.3) is 0 Å². The number of ketones is 1. The monoisotopic (exact) mass is 609 g/mol. The maximum Gasteiger partial charge on any atom is 0.185 e. The van der Waals surface area contributed by atoms with Crippen LogP contribution in [0.5, 0.6) is 0 Å². The molecule has 0 saturated carbocycles. The van der Waals surface area contributed by atoms with Gasteiger partial charge in [-0.15, -0.1) is 5.10 Å². The van der Waals surface area contributed by atoms with Crippen molar-refractivity contribution in [1.82, 2.24) is 25.0 Å². The molecule has 0 spiro atoms. The van der Waals surface area contributed by atoms with Crippen molar-refractivity contribution in [2.24, 2.45) is 11.7 Å². The van der Waals surface area contributed by atoms with Gasteiger partial charge in [-0.1, -0.05) is 12.1 Å². The van der Waals surface area contributed by atoms with Gasteiger partial charge in [-0.2, -0.15) is 0 Å². The molecule has 3 atom stereocenters. The number of piperidine rings is 1. The molecule has 2 aliphatic rings. The van der Waals surface area contributed by atoms with Crippen molar-refractivity contribution in [3.63, 3.8) is 0 Å². The molecule has 4 aromatic rings. The first kappa shape index (κ1) is 29.8. The number of rotatable bonds is 7. The maximum atomic E-state index is 15.4. The van der Waals surface area contributed by atoms with Crippen molar-refractivity contribution in [3.8, 4) is 11.3 Å². The SMILES string of the molecule is C[C@H]1CN(c2ccncc2CC(=O)c2ccc(F)c(-c3c(F)cc(C4(F)CCOCC4)cc3F)n2)C[C@@H](N)[C@H]1n1ccnn1. The van der Waals surface area contributed by atoms with E-state index in [1.165, 1.54) is 6.07 Å². The number of anilines is 1. The smallest absolute Gasteiger partial charge is 0.185 e. The summed E-state index contributed by atoms with van der Waals surface area (Å²) < 4.78 is 67.7. The number of alkyl halides is 1. The highest BCUT2D eigenvalue weighted by molar-refractivity contribution is 5.97. The van der Waals surface area contributed by atoms with Crippen molar-refractivity contribution in [2.75, 3.05) is 31.2 Å². The molecular weight excluding hydrogens is 578 g/mol. The summed E-state index contributed by atoms with van der Waals surface area (Å²) >= 11 is 0. The Bertz CT molecular complexity index is 1630. The number of hydrogen-bond acceptors (Lipinski definition) is 8. The number of carbonyl (C=O) groups excluding carboxylic acids is 1. The van der Waals surface area contributed by atoms with Gasteiger partial charge in [-0.05, 0) is 41.8 Å². The van der Waals surface area contributed by atoms with Crippen LogP contribution in [-0.4, -0.2) is 63.1 Å². The summed E-state index contributed by atoms with van der Waals surface area (Å²) in [6, 6.07) is 5.30. The molecule has 13 heteroatoms. The van der Waals surface area contributed by atoms with E-state index in [0.717, 1.165) is 23.9 Å². The topological polar surface area (TPSA) is 112 Å². The van der Waals surface area contributed by atoms with Crippen molar-refractivity contribution < 1.29 is 27.1 Å². The first-order valence-electron chi connectivity index (χ1n) is 14.4. The lowest BCUT2D eigenvalue weighted by Crippen LogP contribution is -2.53. The lowest BCUT2D eigenvalue weighted by molar-refractivity contribution is -0.0117. The predicted molar refractivity (Wildman–Crippen MR) is 153 cm³/mol. The van der Waals surface area contributed by atoms with Crippen LogP contribution in [0.15, 0.2) is 55.1 Å². The summed E-state index contributed by atoms with van der Waals surface area (Å²) in [7, 11) is 0. The maximum absolute atomic E-state index is 15.4. The zero-order valence-electron chi connectivity index (χ0n) is 24.0. The Morgan fingerprint density at radius 1 is 1.07 bits per heavy atom. The Morgan fingerprint density at radius 2 is 1.82 bits per heavy atom. The molecule has 1 aromatic carbocycles. The van der Waals surface area contributed by atoms with E-state index < -0.39 is 40.2 Å². The Labute approximate surface area is 251 Å². The molecule has 3 aromatic heterocycles. The van der Waals surface area contributed by atoms with Crippen LogP contribution in [0.3, 0.4) is 0 Å². The van der Waals surface area contributed by atoms with Crippen molar-refractivity contribution in [3.05, 3.63) is 89.4 Å². The number of benzene rings is 1. The summed E-state index contributed by atoms with van der Waals surface area (Å²) in [6.45, 7) is 3.42. The minimum Gasteiger partial charge on any atom is -0.381 e. The zero-order valence-corrected chi connectivity index (χ0v) is 24.0. The molecule has 0 radical (unpaired) electrons. The second kappa shape index (κ2) is 12.0. The van der Waals surface area contributed by atoms with Gasteiger partial charge in [0.1, 0.15) is 34.5 Å². The van der Waals surface area contributed by atoms with Crippen LogP contribution in [-0.2, 0) is 16.8 Å². The number of halogens is 4. The summed E-state index contributed by atoms with van der Waals surface area (Å²) in [5.41, 5.74) is 4.15.